The van der Waals surface area contributed by atoms with Crippen LogP contribution in [0.5, 0.6) is 0 Å². The Morgan fingerprint density at radius 1 is 1.30 bits per heavy atom. The number of furan rings is 1. The minimum Gasteiger partial charge on any atom is -0.447 e. The molecule has 112 valence electrons. The van der Waals surface area contributed by atoms with Crippen molar-refractivity contribution in [2.24, 2.45) is 5.92 Å². The Balaban J connectivity index is 1.86. The number of piperidine rings is 1. The molecule has 2 atom stereocenters. The summed E-state index contributed by atoms with van der Waals surface area (Å²) in [6.45, 7) is 1.17. The average Bonchev–Trinajstić information content (AvgIpc) is 3.06. The van der Waals surface area contributed by atoms with Gasteiger partial charge in [0.25, 0.3) is 10.0 Å². The van der Waals surface area contributed by atoms with Crippen LogP contribution in [0.2, 0.25) is 0 Å². The summed E-state index contributed by atoms with van der Waals surface area (Å²) in [6, 6.07) is 3.51. The fourth-order valence-electron chi connectivity index (χ4n) is 3.59. The van der Waals surface area contributed by atoms with Crippen molar-refractivity contribution >= 4 is 10.0 Å². The van der Waals surface area contributed by atoms with Crippen LogP contribution in [0.3, 0.4) is 0 Å². The van der Waals surface area contributed by atoms with Gasteiger partial charge in [0, 0.05) is 12.6 Å². The number of hydrogen-bond acceptors (Lipinski definition) is 4. The minimum atomic E-state index is -3.47. The van der Waals surface area contributed by atoms with Gasteiger partial charge in [-0.05, 0) is 50.8 Å². The molecular weight excluding hydrogens is 276 g/mol. The normalized spacial score (nSPS) is 27.6. The molecule has 2 heterocycles. The first-order valence-corrected chi connectivity index (χ1v) is 8.82. The summed E-state index contributed by atoms with van der Waals surface area (Å²) in [7, 11) is -1.66. The lowest BCUT2D eigenvalue weighted by Gasteiger charge is -2.35. The number of nitrogens with one attached hydrogen (secondary N) is 1. The smallest absolute Gasteiger partial charge is 0.276 e. The Morgan fingerprint density at radius 2 is 2.10 bits per heavy atom. The largest absolute Gasteiger partial charge is 0.447 e. The van der Waals surface area contributed by atoms with Crippen LogP contribution in [-0.2, 0) is 16.6 Å². The molecule has 0 bridgehead atoms. The summed E-state index contributed by atoms with van der Waals surface area (Å²) in [5, 5.41) is 3.06. The van der Waals surface area contributed by atoms with Crippen LogP contribution in [0.1, 0.15) is 37.9 Å². The summed E-state index contributed by atoms with van der Waals surface area (Å²) in [5.74, 6) is 1.20. The molecule has 2 aliphatic rings. The number of hydrogen-bond donors (Lipinski definition) is 1. The van der Waals surface area contributed by atoms with E-state index in [9.17, 15) is 8.42 Å². The first-order chi connectivity index (χ1) is 9.63. The number of fused-ring (bicyclic) bond motifs is 1. The molecule has 2 fully saturated rings. The van der Waals surface area contributed by atoms with E-state index in [1.165, 1.54) is 12.8 Å². The van der Waals surface area contributed by atoms with E-state index in [4.69, 9.17) is 4.42 Å². The van der Waals surface area contributed by atoms with E-state index in [0.717, 1.165) is 19.3 Å². The highest BCUT2D eigenvalue weighted by atomic mass is 32.2. The van der Waals surface area contributed by atoms with Gasteiger partial charge in [0.15, 0.2) is 0 Å². The van der Waals surface area contributed by atoms with Gasteiger partial charge >= 0.3 is 0 Å². The summed E-state index contributed by atoms with van der Waals surface area (Å²) < 4.78 is 32.7. The van der Waals surface area contributed by atoms with Crippen molar-refractivity contribution in [2.45, 2.75) is 49.8 Å². The van der Waals surface area contributed by atoms with Gasteiger partial charge in [-0.3, -0.25) is 0 Å². The van der Waals surface area contributed by atoms with Gasteiger partial charge in [0.05, 0.1) is 6.54 Å². The fourth-order valence-corrected chi connectivity index (χ4v) is 5.28. The molecule has 6 heteroatoms. The lowest BCUT2D eigenvalue weighted by atomic mass is 9.94. The third kappa shape index (κ3) is 2.40. The standard InChI is InChI=1S/C14H22N2O3S/c1-15-10-12-7-8-14(19-12)20(17,18)16-9-3-5-11-4-2-6-13(11)16/h7-8,11,13,15H,2-6,9-10H2,1H3. The maximum absolute atomic E-state index is 12.8. The van der Waals surface area contributed by atoms with Crippen LogP contribution < -0.4 is 5.32 Å². The van der Waals surface area contributed by atoms with Crippen LogP contribution in [-0.4, -0.2) is 32.4 Å². The number of sulfonamides is 1. The molecular formula is C14H22N2O3S. The molecule has 1 N–H and O–H groups in total. The van der Waals surface area contributed by atoms with Crippen LogP contribution in [0.15, 0.2) is 21.6 Å². The molecule has 1 saturated carbocycles. The molecule has 20 heavy (non-hydrogen) atoms. The molecule has 0 aromatic carbocycles. The van der Waals surface area contributed by atoms with Crippen molar-refractivity contribution in [3.05, 3.63) is 17.9 Å². The summed E-state index contributed by atoms with van der Waals surface area (Å²) in [6.07, 6.45) is 5.43. The van der Waals surface area contributed by atoms with Crippen molar-refractivity contribution < 1.29 is 12.8 Å². The van der Waals surface area contributed by atoms with Crippen LogP contribution in [0.4, 0.5) is 0 Å². The van der Waals surface area contributed by atoms with E-state index in [-0.39, 0.29) is 11.1 Å². The van der Waals surface area contributed by atoms with Gasteiger partial charge in [-0.2, -0.15) is 4.31 Å². The molecule has 1 aromatic rings. The summed E-state index contributed by atoms with van der Waals surface area (Å²) in [4.78, 5) is 0. The lowest BCUT2D eigenvalue weighted by molar-refractivity contribution is 0.198. The van der Waals surface area contributed by atoms with Crippen LogP contribution in [0.25, 0.3) is 0 Å². The second kappa shape index (κ2) is 5.50. The van der Waals surface area contributed by atoms with Crippen molar-refractivity contribution in [1.82, 2.24) is 9.62 Å². The quantitative estimate of drug-likeness (QED) is 0.923. The fraction of sp³-hybridized carbons (Fsp3) is 0.714. The maximum Gasteiger partial charge on any atom is 0.276 e. The zero-order valence-corrected chi connectivity index (χ0v) is 12.7. The zero-order chi connectivity index (χ0) is 14.2. The van der Waals surface area contributed by atoms with E-state index >= 15 is 0 Å². The average molecular weight is 298 g/mol. The third-order valence-corrected chi connectivity index (χ3v) is 6.29. The van der Waals surface area contributed by atoms with E-state index in [2.05, 4.69) is 5.32 Å². The first-order valence-electron chi connectivity index (χ1n) is 7.38. The maximum atomic E-state index is 12.8. The van der Waals surface area contributed by atoms with Crippen LogP contribution >= 0.6 is 0 Å². The monoisotopic (exact) mass is 298 g/mol. The minimum absolute atomic E-state index is 0.0929. The predicted molar refractivity (Wildman–Crippen MR) is 75.7 cm³/mol. The van der Waals surface area contributed by atoms with Crippen molar-refractivity contribution in [3.8, 4) is 0 Å². The third-order valence-electron chi connectivity index (χ3n) is 4.49. The van der Waals surface area contributed by atoms with Gasteiger partial charge in [0.2, 0.25) is 5.09 Å². The molecule has 0 amide bonds. The van der Waals surface area contributed by atoms with Gasteiger partial charge in [-0.1, -0.05) is 6.42 Å². The van der Waals surface area contributed by atoms with E-state index in [1.807, 2.05) is 7.05 Å². The first kappa shape index (κ1) is 14.1. The molecule has 3 rings (SSSR count). The van der Waals surface area contributed by atoms with Gasteiger partial charge in [-0.15, -0.1) is 0 Å². The second-order valence-corrected chi connectivity index (χ2v) is 7.59. The Hall–Kier alpha value is -0.850. The van der Waals surface area contributed by atoms with Crippen molar-refractivity contribution in [2.75, 3.05) is 13.6 Å². The van der Waals surface area contributed by atoms with Gasteiger partial charge in [-0.25, -0.2) is 8.42 Å². The SMILES string of the molecule is CNCc1ccc(S(=O)(=O)N2CCCC3CCCC32)o1. The highest BCUT2D eigenvalue weighted by molar-refractivity contribution is 7.89. The summed E-state index contributed by atoms with van der Waals surface area (Å²) in [5.41, 5.74) is 0. The summed E-state index contributed by atoms with van der Waals surface area (Å²) >= 11 is 0. The molecule has 0 radical (unpaired) electrons. The van der Waals surface area contributed by atoms with E-state index in [0.29, 0.717) is 24.8 Å². The van der Waals surface area contributed by atoms with Crippen molar-refractivity contribution in [3.63, 3.8) is 0 Å². The van der Waals surface area contributed by atoms with Crippen LogP contribution in [0, 0.1) is 5.92 Å². The number of rotatable bonds is 4. The molecule has 0 spiro atoms. The highest BCUT2D eigenvalue weighted by Gasteiger charge is 2.42. The van der Waals surface area contributed by atoms with E-state index in [1.54, 1.807) is 16.4 Å². The topological polar surface area (TPSA) is 62.6 Å². The Kier molecular flexibility index (Phi) is 3.88. The number of nitrogens with zero attached hydrogens (tertiary/aromatic N) is 1. The molecule has 1 aliphatic carbocycles. The molecule has 2 unspecified atom stereocenters. The Morgan fingerprint density at radius 3 is 2.90 bits per heavy atom. The molecule has 1 aliphatic heterocycles. The van der Waals surface area contributed by atoms with Crippen molar-refractivity contribution in [1.29, 1.82) is 0 Å². The predicted octanol–water partition coefficient (Wildman–Crippen LogP) is 1.95. The Labute approximate surface area is 120 Å². The van der Waals surface area contributed by atoms with Gasteiger partial charge < -0.3 is 9.73 Å². The van der Waals surface area contributed by atoms with Gasteiger partial charge in [0.1, 0.15) is 5.76 Å². The highest BCUT2D eigenvalue weighted by Crippen LogP contribution is 2.39. The second-order valence-electron chi connectivity index (χ2n) is 5.77. The Bertz CT molecular complexity index is 567. The zero-order valence-electron chi connectivity index (χ0n) is 11.8. The lowest BCUT2D eigenvalue weighted by Crippen LogP contribution is -2.45. The van der Waals surface area contributed by atoms with E-state index < -0.39 is 10.0 Å². The molecule has 1 saturated heterocycles. The molecule has 5 nitrogen and oxygen atoms in total. The molecule has 1 aromatic heterocycles.